The topological polar surface area (TPSA) is 35.2 Å². The summed E-state index contributed by atoms with van der Waals surface area (Å²) in [6.07, 6.45) is 0.00945. The summed E-state index contributed by atoms with van der Waals surface area (Å²) < 4.78 is 5.89. The molecule has 2 rings (SSSR count). The average molecular weight is 247 g/mol. The van der Waals surface area contributed by atoms with Gasteiger partial charge in [-0.15, -0.1) is 11.3 Å². The SMILES string of the molecule is Cc1ccsc1C(CN)OCc1ccccc1. The molecule has 3 heteroatoms. The van der Waals surface area contributed by atoms with E-state index in [0.717, 1.165) is 0 Å². The molecule has 0 fully saturated rings. The fraction of sp³-hybridized carbons (Fsp3) is 0.286. The maximum Gasteiger partial charge on any atom is 0.105 e. The number of nitrogens with two attached hydrogens (primary N) is 1. The van der Waals surface area contributed by atoms with Crippen LogP contribution in [0.1, 0.15) is 22.1 Å². The van der Waals surface area contributed by atoms with Crippen molar-refractivity contribution < 1.29 is 4.74 Å². The molecule has 0 amide bonds. The Morgan fingerprint density at radius 3 is 2.59 bits per heavy atom. The minimum atomic E-state index is 0.00945. The van der Waals surface area contributed by atoms with Crippen molar-refractivity contribution in [2.75, 3.05) is 6.54 Å². The zero-order valence-electron chi connectivity index (χ0n) is 9.93. The lowest BCUT2D eigenvalue weighted by Gasteiger charge is -2.15. The van der Waals surface area contributed by atoms with Gasteiger partial charge in [-0.1, -0.05) is 30.3 Å². The molecule has 1 heterocycles. The lowest BCUT2D eigenvalue weighted by Crippen LogP contribution is -2.15. The summed E-state index contributed by atoms with van der Waals surface area (Å²) >= 11 is 1.71. The highest BCUT2D eigenvalue weighted by molar-refractivity contribution is 7.10. The van der Waals surface area contributed by atoms with Crippen LogP contribution in [-0.4, -0.2) is 6.54 Å². The van der Waals surface area contributed by atoms with Crippen LogP contribution in [-0.2, 0) is 11.3 Å². The van der Waals surface area contributed by atoms with Crippen molar-refractivity contribution >= 4 is 11.3 Å². The molecule has 90 valence electrons. The van der Waals surface area contributed by atoms with Gasteiger partial charge in [0.25, 0.3) is 0 Å². The minimum absolute atomic E-state index is 0.00945. The number of rotatable bonds is 5. The maximum atomic E-state index is 5.89. The summed E-state index contributed by atoms with van der Waals surface area (Å²) in [6, 6.07) is 12.3. The first kappa shape index (κ1) is 12.3. The Bertz CT molecular complexity index is 452. The molecule has 0 spiro atoms. The summed E-state index contributed by atoms with van der Waals surface area (Å²) in [5.74, 6) is 0. The van der Waals surface area contributed by atoms with Crippen molar-refractivity contribution in [2.45, 2.75) is 19.6 Å². The normalized spacial score (nSPS) is 12.6. The van der Waals surface area contributed by atoms with Crippen molar-refractivity contribution in [3.05, 3.63) is 57.8 Å². The highest BCUT2D eigenvalue weighted by Gasteiger charge is 2.13. The van der Waals surface area contributed by atoms with E-state index in [1.54, 1.807) is 11.3 Å². The van der Waals surface area contributed by atoms with E-state index in [9.17, 15) is 0 Å². The summed E-state index contributed by atoms with van der Waals surface area (Å²) in [7, 11) is 0. The highest BCUT2D eigenvalue weighted by atomic mass is 32.1. The van der Waals surface area contributed by atoms with Crippen LogP contribution in [0.4, 0.5) is 0 Å². The van der Waals surface area contributed by atoms with Gasteiger partial charge >= 0.3 is 0 Å². The smallest absolute Gasteiger partial charge is 0.105 e. The van der Waals surface area contributed by atoms with Gasteiger partial charge in [0.2, 0.25) is 0 Å². The molecule has 2 N–H and O–H groups in total. The van der Waals surface area contributed by atoms with Gasteiger partial charge in [0.05, 0.1) is 6.61 Å². The molecule has 1 unspecified atom stereocenters. The second-order valence-electron chi connectivity index (χ2n) is 3.99. The molecular formula is C14H17NOS. The average Bonchev–Trinajstić information content (AvgIpc) is 2.78. The van der Waals surface area contributed by atoms with Crippen molar-refractivity contribution in [1.29, 1.82) is 0 Å². The van der Waals surface area contributed by atoms with Gasteiger partial charge in [0.1, 0.15) is 6.10 Å². The van der Waals surface area contributed by atoms with Crippen LogP contribution < -0.4 is 5.73 Å². The van der Waals surface area contributed by atoms with E-state index in [2.05, 4.69) is 30.5 Å². The van der Waals surface area contributed by atoms with Crippen LogP contribution in [0, 0.1) is 6.92 Å². The largest absolute Gasteiger partial charge is 0.367 e. The number of hydrogen-bond donors (Lipinski definition) is 1. The van der Waals surface area contributed by atoms with Crippen molar-refractivity contribution in [3.63, 3.8) is 0 Å². The molecule has 0 aliphatic carbocycles. The van der Waals surface area contributed by atoms with E-state index in [-0.39, 0.29) is 6.10 Å². The van der Waals surface area contributed by atoms with Crippen LogP contribution in [0.3, 0.4) is 0 Å². The molecule has 0 saturated carbocycles. The van der Waals surface area contributed by atoms with Gasteiger partial charge < -0.3 is 10.5 Å². The van der Waals surface area contributed by atoms with Crippen LogP contribution in [0.2, 0.25) is 0 Å². The van der Waals surface area contributed by atoms with Crippen LogP contribution >= 0.6 is 11.3 Å². The molecular weight excluding hydrogens is 230 g/mol. The van der Waals surface area contributed by atoms with Crippen LogP contribution in [0.15, 0.2) is 41.8 Å². The number of aryl methyl sites for hydroxylation is 1. The predicted octanol–water partition coefficient (Wildman–Crippen LogP) is 3.27. The first-order valence-corrected chi connectivity index (χ1v) is 6.59. The molecule has 0 radical (unpaired) electrons. The molecule has 2 aromatic rings. The van der Waals surface area contributed by atoms with E-state index in [0.29, 0.717) is 13.2 Å². The zero-order chi connectivity index (χ0) is 12.1. The molecule has 2 nitrogen and oxygen atoms in total. The molecule has 0 aliphatic heterocycles. The van der Waals surface area contributed by atoms with Crippen LogP contribution in [0.5, 0.6) is 0 Å². The fourth-order valence-electron chi connectivity index (χ4n) is 1.74. The monoisotopic (exact) mass is 247 g/mol. The van der Waals surface area contributed by atoms with Gasteiger partial charge in [-0.05, 0) is 29.5 Å². The third-order valence-corrected chi connectivity index (χ3v) is 3.81. The Kier molecular flexibility index (Phi) is 4.31. The predicted molar refractivity (Wildman–Crippen MR) is 72.1 cm³/mol. The van der Waals surface area contributed by atoms with E-state index in [1.807, 2.05) is 18.2 Å². The van der Waals surface area contributed by atoms with Crippen molar-refractivity contribution in [1.82, 2.24) is 0 Å². The minimum Gasteiger partial charge on any atom is -0.367 e. The third-order valence-electron chi connectivity index (χ3n) is 2.70. The molecule has 1 atom stereocenters. The number of thiophene rings is 1. The Morgan fingerprint density at radius 2 is 2.00 bits per heavy atom. The highest BCUT2D eigenvalue weighted by Crippen LogP contribution is 2.26. The molecule has 0 aliphatic rings. The Balaban J connectivity index is 2.00. The van der Waals surface area contributed by atoms with E-state index in [4.69, 9.17) is 10.5 Å². The zero-order valence-corrected chi connectivity index (χ0v) is 10.7. The van der Waals surface area contributed by atoms with E-state index >= 15 is 0 Å². The second kappa shape index (κ2) is 5.96. The maximum absolute atomic E-state index is 5.89. The second-order valence-corrected chi connectivity index (χ2v) is 4.94. The van der Waals surface area contributed by atoms with Gasteiger partial charge in [-0.25, -0.2) is 0 Å². The van der Waals surface area contributed by atoms with Crippen molar-refractivity contribution in [3.8, 4) is 0 Å². The Hall–Kier alpha value is -1.16. The lowest BCUT2D eigenvalue weighted by atomic mass is 10.2. The molecule has 0 bridgehead atoms. The lowest BCUT2D eigenvalue weighted by molar-refractivity contribution is 0.0476. The van der Waals surface area contributed by atoms with E-state index in [1.165, 1.54) is 16.0 Å². The van der Waals surface area contributed by atoms with Gasteiger partial charge in [-0.3, -0.25) is 0 Å². The quantitative estimate of drug-likeness (QED) is 0.880. The van der Waals surface area contributed by atoms with Gasteiger partial charge in [0.15, 0.2) is 0 Å². The van der Waals surface area contributed by atoms with Gasteiger partial charge in [0, 0.05) is 11.4 Å². The van der Waals surface area contributed by atoms with Gasteiger partial charge in [-0.2, -0.15) is 0 Å². The summed E-state index contributed by atoms with van der Waals surface area (Å²) in [6.45, 7) is 3.23. The first-order valence-electron chi connectivity index (χ1n) is 5.71. The molecule has 1 aromatic carbocycles. The van der Waals surface area contributed by atoms with Crippen molar-refractivity contribution in [2.24, 2.45) is 5.73 Å². The Morgan fingerprint density at radius 1 is 1.24 bits per heavy atom. The summed E-state index contributed by atoms with van der Waals surface area (Å²) in [4.78, 5) is 1.24. The number of hydrogen-bond acceptors (Lipinski definition) is 3. The number of ether oxygens (including phenoxy) is 1. The fourth-order valence-corrected chi connectivity index (χ4v) is 2.72. The number of benzene rings is 1. The van der Waals surface area contributed by atoms with Crippen LogP contribution in [0.25, 0.3) is 0 Å². The molecule has 17 heavy (non-hydrogen) atoms. The summed E-state index contributed by atoms with van der Waals surface area (Å²) in [5.41, 5.74) is 8.22. The summed E-state index contributed by atoms with van der Waals surface area (Å²) in [5, 5.41) is 2.08. The van der Waals surface area contributed by atoms with E-state index < -0.39 is 0 Å². The third kappa shape index (κ3) is 3.16. The molecule has 0 saturated heterocycles. The standard InChI is InChI=1S/C14H17NOS/c1-11-7-8-17-14(11)13(9-15)16-10-12-5-3-2-4-6-12/h2-8,13H,9-10,15H2,1H3. The Labute approximate surface area is 106 Å². The first-order chi connectivity index (χ1) is 8.31. The molecule has 1 aromatic heterocycles.